The Morgan fingerprint density at radius 1 is 1.16 bits per heavy atom. The normalized spacial score (nSPS) is 23.9. The Bertz CT molecular complexity index is 921. The molecule has 0 radical (unpaired) electrons. The zero-order valence-corrected chi connectivity index (χ0v) is 14.2. The van der Waals surface area contributed by atoms with E-state index in [0.717, 1.165) is 40.8 Å². The van der Waals surface area contributed by atoms with Crippen molar-refractivity contribution in [3.63, 3.8) is 0 Å². The van der Waals surface area contributed by atoms with E-state index in [4.69, 9.17) is 4.98 Å². The lowest BCUT2D eigenvalue weighted by Gasteiger charge is -2.34. The van der Waals surface area contributed by atoms with Crippen molar-refractivity contribution < 1.29 is 8.78 Å². The lowest BCUT2D eigenvalue weighted by Crippen LogP contribution is -2.38. The van der Waals surface area contributed by atoms with Gasteiger partial charge in [0.25, 0.3) is 0 Å². The van der Waals surface area contributed by atoms with Gasteiger partial charge >= 0.3 is 0 Å². The highest BCUT2D eigenvalue weighted by Gasteiger charge is 2.30. The fourth-order valence-corrected chi connectivity index (χ4v) is 3.71. The second-order valence-electron chi connectivity index (χ2n) is 6.92. The third-order valence-electron chi connectivity index (χ3n) is 4.98. The molecule has 0 bridgehead atoms. The molecule has 0 spiro atoms. The summed E-state index contributed by atoms with van der Waals surface area (Å²) in [5.74, 6) is -0.639. The van der Waals surface area contributed by atoms with Crippen molar-refractivity contribution in [2.75, 3.05) is 0 Å². The maximum absolute atomic E-state index is 13.6. The Hall–Kier alpha value is -2.34. The molecule has 4 nitrogen and oxygen atoms in total. The topological polar surface area (TPSA) is 53.6 Å². The van der Waals surface area contributed by atoms with E-state index in [1.54, 1.807) is 6.07 Å². The average molecular weight is 342 g/mol. The van der Waals surface area contributed by atoms with E-state index in [0.29, 0.717) is 0 Å². The molecule has 3 atom stereocenters. The predicted molar refractivity (Wildman–Crippen MR) is 92.3 cm³/mol. The Morgan fingerprint density at radius 2 is 2.00 bits per heavy atom. The van der Waals surface area contributed by atoms with Crippen LogP contribution in [0.1, 0.15) is 48.7 Å². The first-order valence-corrected chi connectivity index (χ1v) is 8.53. The SMILES string of the molecule is Cc1c[nH]c2cnc(C3CC(C)NC(c4ccc(F)c(F)c4)C3)nc12. The Morgan fingerprint density at radius 3 is 2.80 bits per heavy atom. The minimum Gasteiger partial charge on any atom is -0.358 e. The number of aromatic amines is 1. The van der Waals surface area contributed by atoms with E-state index in [-0.39, 0.29) is 18.0 Å². The fourth-order valence-electron chi connectivity index (χ4n) is 3.71. The molecule has 1 fully saturated rings. The average Bonchev–Trinajstić information content (AvgIpc) is 2.97. The number of fused-ring (bicyclic) bond motifs is 1. The molecule has 6 heteroatoms. The van der Waals surface area contributed by atoms with Crippen LogP contribution < -0.4 is 5.32 Å². The molecule has 3 aromatic rings. The summed E-state index contributed by atoms with van der Waals surface area (Å²) in [5, 5.41) is 3.47. The van der Waals surface area contributed by atoms with Crippen LogP contribution >= 0.6 is 0 Å². The van der Waals surface area contributed by atoms with Gasteiger partial charge < -0.3 is 10.3 Å². The number of piperidine rings is 1. The second kappa shape index (κ2) is 6.19. The second-order valence-corrected chi connectivity index (χ2v) is 6.92. The number of aromatic nitrogens is 3. The van der Waals surface area contributed by atoms with Gasteiger partial charge in [0.05, 0.1) is 17.2 Å². The van der Waals surface area contributed by atoms with Gasteiger partial charge in [-0.15, -0.1) is 0 Å². The monoisotopic (exact) mass is 342 g/mol. The van der Waals surface area contributed by atoms with E-state index < -0.39 is 11.6 Å². The molecule has 0 amide bonds. The summed E-state index contributed by atoms with van der Waals surface area (Å²) in [7, 11) is 0. The molecule has 2 N–H and O–H groups in total. The zero-order valence-electron chi connectivity index (χ0n) is 14.2. The third-order valence-corrected chi connectivity index (χ3v) is 4.98. The molecule has 3 unspecified atom stereocenters. The molecule has 1 aliphatic heterocycles. The highest BCUT2D eigenvalue weighted by Crippen LogP contribution is 2.35. The smallest absolute Gasteiger partial charge is 0.159 e. The summed E-state index contributed by atoms with van der Waals surface area (Å²) >= 11 is 0. The highest BCUT2D eigenvalue weighted by atomic mass is 19.2. The van der Waals surface area contributed by atoms with Crippen LogP contribution in [-0.4, -0.2) is 21.0 Å². The first-order valence-electron chi connectivity index (χ1n) is 8.53. The minimum atomic E-state index is -0.819. The number of nitrogens with one attached hydrogen (secondary N) is 2. The fraction of sp³-hybridized carbons (Fsp3) is 0.368. The standard InChI is InChI=1S/C19H20F2N4/c1-10-8-22-17-9-23-19(25-18(10)17)13-5-11(2)24-16(7-13)12-3-4-14(20)15(21)6-12/h3-4,6,8-9,11,13,16,22,24H,5,7H2,1-2H3. The van der Waals surface area contributed by atoms with E-state index >= 15 is 0 Å². The predicted octanol–water partition coefficient (Wildman–Crippen LogP) is 4.14. The van der Waals surface area contributed by atoms with Crippen molar-refractivity contribution in [2.45, 2.75) is 44.7 Å². The number of rotatable bonds is 2. The molecular formula is C19H20F2N4. The van der Waals surface area contributed by atoms with Gasteiger partial charge in [-0.3, -0.25) is 0 Å². The van der Waals surface area contributed by atoms with E-state index in [1.807, 2.05) is 19.3 Å². The number of hydrogen-bond donors (Lipinski definition) is 2. The molecule has 25 heavy (non-hydrogen) atoms. The Balaban J connectivity index is 1.65. The number of hydrogen-bond acceptors (Lipinski definition) is 3. The van der Waals surface area contributed by atoms with Crippen molar-refractivity contribution in [2.24, 2.45) is 0 Å². The molecule has 130 valence electrons. The molecule has 1 aromatic carbocycles. The van der Waals surface area contributed by atoms with Gasteiger partial charge in [0.1, 0.15) is 5.82 Å². The highest BCUT2D eigenvalue weighted by molar-refractivity contribution is 5.77. The van der Waals surface area contributed by atoms with Crippen LogP contribution in [-0.2, 0) is 0 Å². The van der Waals surface area contributed by atoms with Crippen LogP contribution in [0.25, 0.3) is 11.0 Å². The quantitative estimate of drug-likeness (QED) is 0.736. The summed E-state index contributed by atoms with van der Waals surface area (Å²) in [6, 6.07) is 4.30. The van der Waals surface area contributed by atoms with Gasteiger partial charge in [-0.1, -0.05) is 6.07 Å². The minimum absolute atomic E-state index is 0.0459. The van der Waals surface area contributed by atoms with Crippen molar-refractivity contribution in [3.05, 3.63) is 59.2 Å². The summed E-state index contributed by atoms with van der Waals surface area (Å²) < 4.78 is 26.8. The number of aryl methyl sites for hydroxylation is 1. The molecule has 1 saturated heterocycles. The number of benzene rings is 1. The first-order chi connectivity index (χ1) is 12.0. The summed E-state index contributed by atoms with van der Waals surface area (Å²) in [4.78, 5) is 12.4. The molecule has 4 rings (SSSR count). The Labute approximate surface area is 144 Å². The van der Waals surface area contributed by atoms with Crippen molar-refractivity contribution in [3.8, 4) is 0 Å². The van der Waals surface area contributed by atoms with Gasteiger partial charge in [0.15, 0.2) is 11.6 Å². The molecular weight excluding hydrogens is 322 g/mol. The van der Waals surface area contributed by atoms with Crippen molar-refractivity contribution in [1.29, 1.82) is 0 Å². The lowest BCUT2D eigenvalue weighted by atomic mass is 9.85. The van der Waals surface area contributed by atoms with Gasteiger partial charge in [-0.05, 0) is 49.9 Å². The van der Waals surface area contributed by atoms with Crippen LogP contribution in [0.5, 0.6) is 0 Å². The number of nitrogens with zero attached hydrogens (tertiary/aromatic N) is 2. The van der Waals surface area contributed by atoms with Crippen molar-refractivity contribution in [1.82, 2.24) is 20.3 Å². The maximum Gasteiger partial charge on any atom is 0.159 e. The molecule has 0 aliphatic carbocycles. The maximum atomic E-state index is 13.6. The largest absolute Gasteiger partial charge is 0.358 e. The van der Waals surface area contributed by atoms with Crippen LogP contribution in [0, 0.1) is 18.6 Å². The van der Waals surface area contributed by atoms with Crippen LogP contribution in [0.3, 0.4) is 0 Å². The van der Waals surface area contributed by atoms with Crippen LogP contribution in [0.15, 0.2) is 30.6 Å². The van der Waals surface area contributed by atoms with Crippen LogP contribution in [0.2, 0.25) is 0 Å². The molecule has 3 heterocycles. The summed E-state index contributed by atoms with van der Waals surface area (Å²) in [6.45, 7) is 4.11. The molecule has 2 aromatic heterocycles. The summed E-state index contributed by atoms with van der Waals surface area (Å²) in [5.41, 5.74) is 3.73. The first kappa shape index (κ1) is 16.1. The van der Waals surface area contributed by atoms with E-state index in [2.05, 4.69) is 22.2 Å². The van der Waals surface area contributed by atoms with Crippen LogP contribution in [0.4, 0.5) is 8.78 Å². The number of H-pyrrole nitrogens is 1. The zero-order chi connectivity index (χ0) is 17.6. The molecule has 1 aliphatic rings. The van der Waals surface area contributed by atoms with Gasteiger partial charge in [0, 0.05) is 24.2 Å². The van der Waals surface area contributed by atoms with Gasteiger partial charge in [0.2, 0.25) is 0 Å². The Kier molecular flexibility index (Phi) is 4.00. The van der Waals surface area contributed by atoms with Crippen molar-refractivity contribution >= 4 is 11.0 Å². The summed E-state index contributed by atoms with van der Waals surface area (Å²) in [6.07, 6.45) is 5.42. The number of halogens is 2. The van der Waals surface area contributed by atoms with E-state index in [9.17, 15) is 8.78 Å². The molecule has 0 saturated carbocycles. The lowest BCUT2D eigenvalue weighted by molar-refractivity contribution is 0.299. The third kappa shape index (κ3) is 3.02. The van der Waals surface area contributed by atoms with Gasteiger partial charge in [-0.25, -0.2) is 18.7 Å². The van der Waals surface area contributed by atoms with E-state index in [1.165, 1.54) is 12.1 Å². The van der Waals surface area contributed by atoms with Gasteiger partial charge in [-0.2, -0.15) is 0 Å².